The van der Waals surface area contributed by atoms with Crippen molar-refractivity contribution in [2.24, 2.45) is 0 Å². The lowest BCUT2D eigenvalue weighted by molar-refractivity contribution is 0.151. The Labute approximate surface area is 126 Å². The van der Waals surface area contributed by atoms with Crippen molar-refractivity contribution >= 4 is 0 Å². The molecule has 3 nitrogen and oxygen atoms in total. The molecule has 1 aromatic carbocycles. The van der Waals surface area contributed by atoms with Gasteiger partial charge in [0.25, 0.3) is 0 Å². The summed E-state index contributed by atoms with van der Waals surface area (Å²) in [6, 6.07) is 7.78. The predicted molar refractivity (Wildman–Crippen MR) is 81.6 cm³/mol. The molecule has 1 aromatic rings. The number of nitrogens with zero attached hydrogens (tertiary/aromatic N) is 1. The van der Waals surface area contributed by atoms with E-state index in [1.807, 2.05) is 0 Å². The van der Waals surface area contributed by atoms with Crippen molar-refractivity contribution < 1.29 is 9.50 Å². The maximum absolute atomic E-state index is 12.9. The third-order valence-electron chi connectivity index (χ3n) is 4.63. The van der Waals surface area contributed by atoms with Gasteiger partial charge in [0.1, 0.15) is 5.82 Å². The van der Waals surface area contributed by atoms with Gasteiger partial charge in [-0.05, 0) is 50.3 Å². The quantitative estimate of drug-likeness (QED) is 0.845. The highest BCUT2D eigenvalue weighted by Crippen LogP contribution is 2.30. The van der Waals surface area contributed by atoms with Crippen LogP contribution in [0.5, 0.6) is 0 Å². The first-order chi connectivity index (χ1) is 10.1. The van der Waals surface area contributed by atoms with Crippen molar-refractivity contribution in [1.82, 2.24) is 10.2 Å². The fourth-order valence-electron chi connectivity index (χ4n) is 3.32. The Morgan fingerprint density at radius 1 is 1.29 bits per heavy atom. The summed E-state index contributed by atoms with van der Waals surface area (Å²) in [5.74, 6) is -0.261. The minimum atomic E-state index is -0.533. The van der Waals surface area contributed by atoms with E-state index >= 15 is 0 Å². The zero-order valence-corrected chi connectivity index (χ0v) is 12.6. The van der Waals surface area contributed by atoms with Gasteiger partial charge in [-0.15, -0.1) is 0 Å². The molecule has 0 spiro atoms. The fourth-order valence-corrected chi connectivity index (χ4v) is 3.32. The Morgan fingerprint density at radius 2 is 2.00 bits per heavy atom. The molecule has 21 heavy (non-hydrogen) atoms. The van der Waals surface area contributed by atoms with Crippen molar-refractivity contribution in [2.45, 2.75) is 56.8 Å². The van der Waals surface area contributed by atoms with Gasteiger partial charge >= 0.3 is 0 Å². The first-order valence-corrected chi connectivity index (χ1v) is 8.05. The molecule has 116 valence electrons. The fraction of sp³-hybridized carbons (Fsp3) is 0.647. The highest BCUT2D eigenvalue weighted by Gasteiger charge is 2.34. The van der Waals surface area contributed by atoms with E-state index < -0.39 is 6.10 Å². The summed E-state index contributed by atoms with van der Waals surface area (Å²) in [6.07, 6.45) is 4.06. The number of nitrogens with one attached hydrogen (secondary N) is 1. The van der Waals surface area contributed by atoms with Crippen LogP contribution in [0.2, 0.25) is 0 Å². The van der Waals surface area contributed by atoms with Crippen LogP contribution in [0.15, 0.2) is 24.3 Å². The number of hydrogen-bond donors (Lipinski definition) is 2. The van der Waals surface area contributed by atoms with E-state index in [2.05, 4.69) is 17.1 Å². The molecule has 0 amide bonds. The number of hydrogen-bond acceptors (Lipinski definition) is 3. The highest BCUT2D eigenvalue weighted by atomic mass is 19.1. The molecule has 4 heteroatoms. The molecule has 2 fully saturated rings. The van der Waals surface area contributed by atoms with Crippen LogP contribution >= 0.6 is 0 Å². The van der Waals surface area contributed by atoms with Gasteiger partial charge in [-0.1, -0.05) is 12.1 Å². The lowest BCUT2D eigenvalue weighted by atomic mass is 10.0. The third-order valence-corrected chi connectivity index (χ3v) is 4.63. The van der Waals surface area contributed by atoms with Crippen LogP contribution in [0.25, 0.3) is 0 Å². The Balaban J connectivity index is 1.45. The van der Waals surface area contributed by atoms with E-state index in [1.165, 1.54) is 37.9 Å². The Hall–Kier alpha value is -0.970. The van der Waals surface area contributed by atoms with Gasteiger partial charge in [0.2, 0.25) is 0 Å². The Morgan fingerprint density at radius 3 is 2.67 bits per heavy atom. The van der Waals surface area contributed by atoms with Crippen molar-refractivity contribution in [1.29, 1.82) is 0 Å². The zero-order chi connectivity index (χ0) is 14.8. The Kier molecular flexibility index (Phi) is 4.57. The maximum Gasteiger partial charge on any atom is 0.123 e. The van der Waals surface area contributed by atoms with Crippen LogP contribution in [-0.2, 0) is 0 Å². The van der Waals surface area contributed by atoms with Crippen LogP contribution in [0, 0.1) is 5.82 Å². The summed E-state index contributed by atoms with van der Waals surface area (Å²) >= 11 is 0. The molecule has 3 unspecified atom stereocenters. The lowest BCUT2D eigenvalue weighted by Gasteiger charge is -2.22. The first kappa shape index (κ1) is 14.9. The standard InChI is InChI=1S/C17H25FN2O/c1-12(10-17(21)13-2-4-14(18)5-3-13)19-15-8-9-20(11-15)16-6-7-16/h2-5,12,15-17,19,21H,6-11H2,1H3. The SMILES string of the molecule is CC(CC(O)c1ccc(F)cc1)NC1CCN(C2CC2)C1. The molecule has 1 aliphatic carbocycles. The van der Waals surface area contributed by atoms with E-state index in [0.29, 0.717) is 12.5 Å². The molecular formula is C17H25FN2O. The third kappa shape index (κ3) is 4.02. The molecule has 0 bridgehead atoms. The molecule has 1 saturated heterocycles. The number of aliphatic hydroxyl groups is 1. The van der Waals surface area contributed by atoms with Crippen LogP contribution in [-0.4, -0.2) is 41.2 Å². The molecule has 0 radical (unpaired) electrons. The number of aliphatic hydroxyl groups excluding tert-OH is 1. The average Bonchev–Trinajstić information content (AvgIpc) is 3.20. The average molecular weight is 292 g/mol. The summed E-state index contributed by atoms with van der Waals surface area (Å²) in [4.78, 5) is 2.58. The predicted octanol–water partition coefficient (Wildman–Crippen LogP) is 2.46. The van der Waals surface area contributed by atoms with Gasteiger partial charge in [-0.2, -0.15) is 0 Å². The largest absolute Gasteiger partial charge is 0.388 e. The summed E-state index contributed by atoms with van der Waals surface area (Å²) < 4.78 is 12.9. The molecule has 0 aromatic heterocycles. The molecule has 1 heterocycles. The van der Waals surface area contributed by atoms with Gasteiger partial charge in [0.05, 0.1) is 6.10 Å². The van der Waals surface area contributed by atoms with Crippen LogP contribution < -0.4 is 5.32 Å². The van der Waals surface area contributed by atoms with Crippen LogP contribution in [0.1, 0.15) is 44.3 Å². The van der Waals surface area contributed by atoms with E-state index in [1.54, 1.807) is 12.1 Å². The number of halogens is 1. The second-order valence-corrected chi connectivity index (χ2v) is 6.58. The zero-order valence-electron chi connectivity index (χ0n) is 12.6. The molecule has 2 N–H and O–H groups in total. The van der Waals surface area contributed by atoms with E-state index in [0.717, 1.165) is 18.2 Å². The highest BCUT2D eigenvalue weighted by molar-refractivity contribution is 5.18. The van der Waals surface area contributed by atoms with Crippen LogP contribution in [0.3, 0.4) is 0 Å². The Bertz CT molecular complexity index is 460. The van der Waals surface area contributed by atoms with Crippen molar-refractivity contribution in [3.8, 4) is 0 Å². The summed E-state index contributed by atoms with van der Waals surface area (Å²) in [5.41, 5.74) is 0.788. The van der Waals surface area contributed by atoms with E-state index in [9.17, 15) is 9.50 Å². The van der Waals surface area contributed by atoms with Gasteiger partial charge in [0, 0.05) is 31.2 Å². The second kappa shape index (κ2) is 6.42. The lowest BCUT2D eigenvalue weighted by Crippen LogP contribution is -2.39. The van der Waals surface area contributed by atoms with E-state index in [4.69, 9.17) is 0 Å². The number of rotatable bonds is 6. The molecule has 2 aliphatic rings. The summed E-state index contributed by atoms with van der Waals surface area (Å²) in [6.45, 7) is 4.46. The topological polar surface area (TPSA) is 35.5 Å². The van der Waals surface area contributed by atoms with Crippen molar-refractivity contribution in [3.05, 3.63) is 35.6 Å². The van der Waals surface area contributed by atoms with Gasteiger partial charge in [-0.25, -0.2) is 4.39 Å². The minimum Gasteiger partial charge on any atom is -0.388 e. The molecule has 3 rings (SSSR count). The van der Waals surface area contributed by atoms with Gasteiger partial charge in [-0.3, -0.25) is 4.90 Å². The number of likely N-dealkylation sites (tertiary alicyclic amines) is 1. The normalized spacial score (nSPS) is 26.0. The van der Waals surface area contributed by atoms with Crippen LogP contribution in [0.4, 0.5) is 4.39 Å². The molecule has 1 aliphatic heterocycles. The smallest absolute Gasteiger partial charge is 0.123 e. The van der Waals surface area contributed by atoms with E-state index in [-0.39, 0.29) is 11.9 Å². The van der Waals surface area contributed by atoms with Crippen molar-refractivity contribution in [2.75, 3.05) is 13.1 Å². The second-order valence-electron chi connectivity index (χ2n) is 6.58. The maximum atomic E-state index is 12.9. The van der Waals surface area contributed by atoms with Gasteiger partial charge < -0.3 is 10.4 Å². The molecule has 3 atom stereocenters. The van der Waals surface area contributed by atoms with Gasteiger partial charge in [0.15, 0.2) is 0 Å². The molecular weight excluding hydrogens is 267 g/mol. The monoisotopic (exact) mass is 292 g/mol. The molecule has 1 saturated carbocycles. The summed E-state index contributed by atoms with van der Waals surface area (Å²) in [7, 11) is 0. The summed E-state index contributed by atoms with van der Waals surface area (Å²) in [5, 5.41) is 13.9. The van der Waals surface area contributed by atoms with Crippen molar-refractivity contribution in [3.63, 3.8) is 0 Å². The minimum absolute atomic E-state index is 0.259. The number of benzene rings is 1. The first-order valence-electron chi connectivity index (χ1n) is 8.05.